The predicted octanol–water partition coefficient (Wildman–Crippen LogP) is 7.61. The third-order valence-corrected chi connectivity index (χ3v) is 10.4. The summed E-state index contributed by atoms with van der Waals surface area (Å²) in [5, 5.41) is 17.3. The molecule has 0 fully saturated rings. The van der Waals surface area contributed by atoms with Crippen molar-refractivity contribution in [2.24, 2.45) is 7.05 Å². The lowest BCUT2D eigenvalue weighted by molar-refractivity contribution is -0.160. The van der Waals surface area contributed by atoms with Gasteiger partial charge in [-0.25, -0.2) is 13.2 Å². The molecule has 1 N–H and O–H groups in total. The molecule has 252 valence electrons. The fourth-order valence-corrected chi connectivity index (χ4v) is 8.05. The van der Waals surface area contributed by atoms with Crippen LogP contribution in [0.4, 0.5) is 5.69 Å². The lowest BCUT2D eigenvalue weighted by Crippen LogP contribution is -2.37. The van der Waals surface area contributed by atoms with E-state index in [0.29, 0.717) is 44.8 Å². The maximum atomic E-state index is 13.3. The number of nitrogens with zero attached hydrogens (tertiary/aromatic N) is 5. The van der Waals surface area contributed by atoms with E-state index in [9.17, 15) is 18.3 Å². The molecule has 0 radical (unpaired) electrons. The zero-order chi connectivity index (χ0) is 35.0. The van der Waals surface area contributed by atoms with Crippen molar-refractivity contribution in [1.82, 2.24) is 19.3 Å². The second kappa shape index (κ2) is 11.7. The Morgan fingerprint density at radius 1 is 1.00 bits per heavy atom. The number of aromatic nitrogens is 4. The van der Waals surface area contributed by atoms with Crippen LogP contribution >= 0.6 is 11.6 Å². The van der Waals surface area contributed by atoms with E-state index in [0.717, 1.165) is 39.0 Å². The summed E-state index contributed by atoms with van der Waals surface area (Å²) < 4.78 is 38.3. The SMILES string of the molecule is Cc1c([C@H](OC(C)(C)C)C(=O)O)c(-c2ccc(Cl)cc2)c2cc(-c3ccnc(-c4ccc5c(cnn5C)c4)c3)n3c2c1N(S(C)(=O)=O)CC3. The van der Waals surface area contributed by atoms with Crippen molar-refractivity contribution >= 4 is 55.1 Å². The number of carboxylic acid groups (broad SMARTS) is 1. The highest BCUT2D eigenvalue weighted by atomic mass is 35.5. The molecule has 1 aliphatic heterocycles. The number of carboxylic acids is 1. The summed E-state index contributed by atoms with van der Waals surface area (Å²) in [5.41, 5.74) is 7.08. The van der Waals surface area contributed by atoms with Crippen LogP contribution in [0.5, 0.6) is 0 Å². The summed E-state index contributed by atoms with van der Waals surface area (Å²) in [6, 6.07) is 19.3. The zero-order valence-electron chi connectivity index (χ0n) is 28.0. The second-order valence-corrected chi connectivity index (χ2v) is 15.8. The Morgan fingerprint density at radius 3 is 2.39 bits per heavy atom. The molecular formula is C37H36ClN5O5S. The van der Waals surface area contributed by atoms with E-state index in [1.165, 1.54) is 10.6 Å². The van der Waals surface area contributed by atoms with Crippen LogP contribution in [0.1, 0.15) is 38.0 Å². The molecule has 10 nitrogen and oxygen atoms in total. The summed E-state index contributed by atoms with van der Waals surface area (Å²) in [4.78, 5) is 17.7. The molecule has 0 saturated heterocycles. The van der Waals surface area contributed by atoms with Crippen molar-refractivity contribution in [3.63, 3.8) is 0 Å². The van der Waals surface area contributed by atoms with Crippen molar-refractivity contribution in [2.45, 2.75) is 45.9 Å². The van der Waals surface area contributed by atoms with Crippen molar-refractivity contribution in [2.75, 3.05) is 17.1 Å². The molecule has 0 unspecified atom stereocenters. The molecule has 0 bridgehead atoms. The number of aryl methyl sites for hydroxylation is 1. The van der Waals surface area contributed by atoms with Crippen LogP contribution in [0, 0.1) is 6.92 Å². The number of pyridine rings is 1. The smallest absolute Gasteiger partial charge is 0.337 e. The van der Waals surface area contributed by atoms with Gasteiger partial charge in [-0.05, 0) is 86.8 Å². The normalized spacial score (nSPS) is 14.1. The van der Waals surface area contributed by atoms with Crippen LogP contribution in [0.3, 0.4) is 0 Å². The van der Waals surface area contributed by atoms with Gasteiger partial charge in [-0.1, -0.05) is 29.8 Å². The van der Waals surface area contributed by atoms with Gasteiger partial charge in [0.2, 0.25) is 10.0 Å². The topological polar surface area (TPSA) is 120 Å². The molecule has 0 spiro atoms. The van der Waals surface area contributed by atoms with E-state index in [1.54, 1.807) is 46.0 Å². The standard InChI is InChI=1S/C37H36ClN5O5S/c1-21-31(35(36(44)45)48-37(2,3)4)32(22-7-10-26(38)11-8-22)27-19-30(42-15-16-43(49(6,46)47)33(21)34(27)42)24-13-14-39-28(18-24)23-9-12-29-25(17-23)20-40-41(29)5/h7-14,17-20,35H,15-16H2,1-6H3,(H,44,45)/t35-/m0/s1. The summed E-state index contributed by atoms with van der Waals surface area (Å²) in [7, 11) is -1.83. The number of halogens is 1. The number of ether oxygens (including phenoxy) is 1. The van der Waals surface area contributed by atoms with E-state index < -0.39 is 27.7 Å². The molecule has 7 rings (SSSR count). The number of carbonyl (C=O) groups is 1. The summed E-state index contributed by atoms with van der Waals surface area (Å²) in [6.07, 6.45) is 3.38. The summed E-state index contributed by atoms with van der Waals surface area (Å²) >= 11 is 6.32. The number of anilines is 1. The molecule has 3 aromatic carbocycles. The number of benzene rings is 3. The largest absolute Gasteiger partial charge is 0.479 e. The number of sulfonamides is 1. The van der Waals surface area contributed by atoms with Crippen molar-refractivity contribution in [3.8, 4) is 33.6 Å². The van der Waals surface area contributed by atoms with Crippen LogP contribution in [0.25, 0.3) is 55.4 Å². The van der Waals surface area contributed by atoms with Crippen LogP contribution in [0.2, 0.25) is 5.02 Å². The minimum atomic E-state index is -3.74. The van der Waals surface area contributed by atoms with Crippen LogP contribution in [0.15, 0.2) is 73.1 Å². The highest BCUT2D eigenvalue weighted by molar-refractivity contribution is 7.92. The molecule has 4 heterocycles. The highest BCUT2D eigenvalue weighted by Crippen LogP contribution is 2.50. The van der Waals surface area contributed by atoms with E-state index in [-0.39, 0.29) is 6.54 Å². The number of fused-ring (bicyclic) bond motifs is 1. The van der Waals surface area contributed by atoms with Crippen molar-refractivity contribution in [3.05, 3.63) is 89.2 Å². The molecule has 1 atom stereocenters. The fraction of sp³-hybridized carbons (Fsp3) is 0.270. The van der Waals surface area contributed by atoms with Gasteiger partial charge in [0.05, 0.1) is 47.0 Å². The molecule has 6 aromatic rings. The van der Waals surface area contributed by atoms with E-state index in [4.69, 9.17) is 21.3 Å². The van der Waals surface area contributed by atoms with Crippen LogP contribution < -0.4 is 4.31 Å². The van der Waals surface area contributed by atoms with Gasteiger partial charge in [0.25, 0.3) is 0 Å². The highest BCUT2D eigenvalue weighted by Gasteiger charge is 2.38. The van der Waals surface area contributed by atoms with Gasteiger partial charge >= 0.3 is 5.97 Å². The average Bonchev–Trinajstić information content (AvgIpc) is 3.61. The number of hydrogen-bond donors (Lipinski definition) is 1. The molecule has 3 aromatic heterocycles. The number of hydrogen-bond acceptors (Lipinski definition) is 6. The van der Waals surface area contributed by atoms with Gasteiger partial charge < -0.3 is 14.4 Å². The summed E-state index contributed by atoms with van der Waals surface area (Å²) in [6.45, 7) is 7.74. The van der Waals surface area contributed by atoms with E-state index in [1.807, 2.05) is 60.4 Å². The minimum absolute atomic E-state index is 0.177. The monoisotopic (exact) mass is 697 g/mol. The van der Waals surface area contributed by atoms with Crippen LogP contribution in [-0.4, -0.2) is 57.2 Å². The quantitative estimate of drug-likeness (QED) is 0.182. The fourth-order valence-electron chi connectivity index (χ4n) is 6.96. The third-order valence-electron chi connectivity index (χ3n) is 8.98. The first-order chi connectivity index (χ1) is 23.1. The molecule has 1 aliphatic rings. The molecule has 49 heavy (non-hydrogen) atoms. The second-order valence-electron chi connectivity index (χ2n) is 13.5. The summed E-state index contributed by atoms with van der Waals surface area (Å²) in [5.74, 6) is -1.18. The third kappa shape index (κ3) is 5.75. The Morgan fingerprint density at radius 2 is 1.71 bits per heavy atom. The Balaban J connectivity index is 1.55. The van der Waals surface area contributed by atoms with E-state index >= 15 is 0 Å². The maximum absolute atomic E-state index is 13.3. The van der Waals surface area contributed by atoms with Gasteiger partial charge in [-0.3, -0.25) is 14.0 Å². The van der Waals surface area contributed by atoms with Gasteiger partial charge in [-0.15, -0.1) is 0 Å². The van der Waals surface area contributed by atoms with Gasteiger partial charge in [-0.2, -0.15) is 5.10 Å². The maximum Gasteiger partial charge on any atom is 0.337 e. The van der Waals surface area contributed by atoms with Gasteiger partial charge in [0.15, 0.2) is 6.10 Å². The van der Waals surface area contributed by atoms with E-state index in [2.05, 4.69) is 15.7 Å². The van der Waals surface area contributed by atoms with Crippen LogP contribution in [-0.2, 0) is 33.1 Å². The minimum Gasteiger partial charge on any atom is -0.479 e. The Labute approximate surface area is 289 Å². The molecular weight excluding hydrogens is 662 g/mol. The Hall–Kier alpha value is -4.71. The Kier molecular flexibility index (Phi) is 7.85. The lowest BCUT2D eigenvalue weighted by Gasteiger charge is -2.34. The van der Waals surface area contributed by atoms with Gasteiger partial charge in [0.1, 0.15) is 0 Å². The molecule has 12 heteroatoms. The van der Waals surface area contributed by atoms with Gasteiger partial charge in [0, 0.05) is 58.0 Å². The first kappa shape index (κ1) is 32.8. The zero-order valence-corrected chi connectivity index (χ0v) is 29.6. The molecule has 0 aliphatic carbocycles. The first-order valence-corrected chi connectivity index (χ1v) is 18.1. The number of rotatable bonds is 7. The molecule has 0 amide bonds. The lowest BCUT2D eigenvalue weighted by atomic mass is 9.87. The predicted molar refractivity (Wildman–Crippen MR) is 193 cm³/mol. The van der Waals surface area contributed by atoms with Crippen molar-refractivity contribution < 1.29 is 23.1 Å². The van der Waals surface area contributed by atoms with Crippen molar-refractivity contribution in [1.29, 1.82) is 0 Å². The Bertz CT molecular complexity index is 2410. The average molecular weight is 698 g/mol. The first-order valence-electron chi connectivity index (χ1n) is 15.8. The number of aliphatic carboxylic acids is 1. The molecule has 0 saturated carbocycles.